The van der Waals surface area contributed by atoms with Gasteiger partial charge < -0.3 is 5.32 Å². The highest BCUT2D eigenvalue weighted by atomic mass is 16.1. The van der Waals surface area contributed by atoms with E-state index in [1.54, 1.807) is 0 Å². The van der Waals surface area contributed by atoms with E-state index in [-0.39, 0.29) is 6.04 Å². The number of hydrogen-bond donors (Lipinski definition) is 1. The molecule has 0 bridgehead atoms. The molecule has 2 aliphatic rings. The summed E-state index contributed by atoms with van der Waals surface area (Å²) in [5, 5.41) is 3.32. The van der Waals surface area contributed by atoms with Crippen molar-refractivity contribution in [1.29, 1.82) is 0 Å². The number of carbonyl (C=O) groups is 1. The first-order chi connectivity index (χ1) is 7.86. The quantitative estimate of drug-likeness (QED) is 0.750. The van der Waals surface area contributed by atoms with E-state index in [1.807, 2.05) is 18.2 Å². The van der Waals surface area contributed by atoms with Gasteiger partial charge in [-0.2, -0.15) is 0 Å². The van der Waals surface area contributed by atoms with Crippen LogP contribution in [0.2, 0.25) is 0 Å². The number of nitrogens with one attached hydrogen (secondary N) is 1. The highest BCUT2D eigenvalue weighted by molar-refractivity contribution is 6.04. The summed E-state index contributed by atoms with van der Waals surface area (Å²) in [6, 6.07) is 8.11. The van der Waals surface area contributed by atoms with Crippen molar-refractivity contribution in [1.82, 2.24) is 10.2 Å². The molecule has 3 nitrogen and oxygen atoms in total. The molecule has 1 N–H and O–H groups in total. The molecule has 1 unspecified atom stereocenters. The minimum atomic E-state index is 0.0968. The Morgan fingerprint density at radius 2 is 1.94 bits per heavy atom. The van der Waals surface area contributed by atoms with E-state index in [9.17, 15) is 4.79 Å². The topological polar surface area (TPSA) is 32.3 Å². The van der Waals surface area contributed by atoms with Gasteiger partial charge in [-0.15, -0.1) is 0 Å². The van der Waals surface area contributed by atoms with Crippen LogP contribution < -0.4 is 5.32 Å². The van der Waals surface area contributed by atoms with Gasteiger partial charge in [0.25, 0.3) is 0 Å². The summed E-state index contributed by atoms with van der Waals surface area (Å²) in [6.07, 6.45) is 0.898. The molecule has 1 aliphatic carbocycles. The van der Waals surface area contributed by atoms with Gasteiger partial charge in [0.1, 0.15) is 0 Å². The second-order valence-electron chi connectivity index (χ2n) is 4.53. The van der Waals surface area contributed by atoms with Crippen LogP contribution in [0.5, 0.6) is 0 Å². The maximum Gasteiger partial charge on any atom is 0.180 e. The van der Waals surface area contributed by atoms with Crippen LogP contribution in [0.15, 0.2) is 24.3 Å². The maximum atomic E-state index is 12.2. The first kappa shape index (κ1) is 10.00. The van der Waals surface area contributed by atoms with Crippen molar-refractivity contribution in [3.05, 3.63) is 35.4 Å². The van der Waals surface area contributed by atoms with Gasteiger partial charge in [0, 0.05) is 31.7 Å². The van der Waals surface area contributed by atoms with E-state index in [2.05, 4.69) is 16.3 Å². The minimum absolute atomic E-state index is 0.0968. The zero-order valence-corrected chi connectivity index (χ0v) is 9.28. The standard InChI is InChI=1S/C13H16N2O/c16-13-11-4-2-1-3-10(11)9-12(13)15-7-5-14-6-8-15/h1-4,12,14H,5-9H2. The molecule has 0 amide bonds. The summed E-state index contributed by atoms with van der Waals surface area (Å²) in [5.74, 6) is 0.317. The predicted molar refractivity (Wildman–Crippen MR) is 62.7 cm³/mol. The van der Waals surface area contributed by atoms with Gasteiger partial charge in [-0.05, 0) is 12.0 Å². The second-order valence-corrected chi connectivity index (χ2v) is 4.53. The van der Waals surface area contributed by atoms with E-state index >= 15 is 0 Å². The Kier molecular flexibility index (Phi) is 2.50. The van der Waals surface area contributed by atoms with Crippen LogP contribution in [0.4, 0.5) is 0 Å². The lowest BCUT2D eigenvalue weighted by molar-refractivity contribution is 0.0823. The van der Waals surface area contributed by atoms with E-state index in [0.717, 1.165) is 38.2 Å². The number of Topliss-reactive ketones (excluding diaryl/α,β-unsaturated/α-hetero) is 1. The number of fused-ring (bicyclic) bond motifs is 1. The molecular weight excluding hydrogens is 200 g/mol. The molecule has 1 fully saturated rings. The largest absolute Gasteiger partial charge is 0.314 e. The molecule has 0 spiro atoms. The van der Waals surface area contributed by atoms with E-state index < -0.39 is 0 Å². The first-order valence-corrected chi connectivity index (χ1v) is 5.93. The van der Waals surface area contributed by atoms with Crippen molar-refractivity contribution in [3.8, 4) is 0 Å². The maximum absolute atomic E-state index is 12.2. The summed E-state index contributed by atoms with van der Waals surface area (Å²) in [7, 11) is 0. The third kappa shape index (κ3) is 1.56. The van der Waals surface area contributed by atoms with Crippen LogP contribution in [0.3, 0.4) is 0 Å². The Morgan fingerprint density at radius 1 is 1.19 bits per heavy atom. The fourth-order valence-corrected chi connectivity index (χ4v) is 2.71. The van der Waals surface area contributed by atoms with Gasteiger partial charge in [0.05, 0.1) is 6.04 Å². The highest BCUT2D eigenvalue weighted by Gasteiger charge is 2.34. The minimum Gasteiger partial charge on any atom is -0.314 e. The van der Waals surface area contributed by atoms with E-state index in [1.165, 1.54) is 5.56 Å². The molecule has 3 rings (SSSR count). The Hall–Kier alpha value is -1.19. The molecule has 1 saturated heterocycles. The SMILES string of the molecule is O=C1c2ccccc2CC1N1CCNCC1. The number of rotatable bonds is 1. The van der Waals surface area contributed by atoms with Gasteiger partial charge in [-0.3, -0.25) is 9.69 Å². The van der Waals surface area contributed by atoms with E-state index in [0.29, 0.717) is 5.78 Å². The summed E-state index contributed by atoms with van der Waals surface area (Å²) < 4.78 is 0. The third-order valence-corrected chi connectivity index (χ3v) is 3.59. The molecule has 84 valence electrons. The predicted octanol–water partition coefficient (Wildman–Crippen LogP) is 0.699. The van der Waals surface area contributed by atoms with Crippen LogP contribution >= 0.6 is 0 Å². The first-order valence-electron chi connectivity index (χ1n) is 5.93. The molecule has 0 radical (unpaired) electrons. The zero-order valence-electron chi connectivity index (χ0n) is 9.28. The van der Waals surface area contributed by atoms with Crippen molar-refractivity contribution < 1.29 is 4.79 Å². The molecule has 1 heterocycles. The third-order valence-electron chi connectivity index (χ3n) is 3.59. The lowest BCUT2D eigenvalue weighted by atomic mass is 10.1. The molecule has 1 aromatic carbocycles. The summed E-state index contributed by atoms with van der Waals surface area (Å²) >= 11 is 0. The Balaban J connectivity index is 1.83. The molecule has 0 aromatic heterocycles. The molecule has 1 aromatic rings. The molecule has 0 saturated carbocycles. The van der Waals surface area contributed by atoms with Crippen molar-refractivity contribution in [2.24, 2.45) is 0 Å². The van der Waals surface area contributed by atoms with Crippen LogP contribution in [0.1, 0.15) is 15.9 Å². The van der Waals surface area contributed by atoms with Crippen molar-refractivity contribution in [2.75, 3.05) is 26.2 Å². The number of carbonyl (C=O) groups excluding carboxylic acids is 1. The zero-order chi connectivity index (χ0) is 11.0. The van der Waals surface area contributed by atoms with Gasteiger partial charge >= 0.3 is 0 Å². The number of benzene rings is 1. The van der Waals surface area contributed by atoms with Crippen molar-refractivity contribution >= 4 is 5.78 Å². The highest BCUT2D eigenvalue weighted by Crippen LogP contribution is 2.25. The van der Waals surface area contributed by atoms with Crippen LogP contribution in [-0.2, 0) is 6.42 Å². The average Bonchev–Trinajstić information content (AvgIpc) is 2.69. The Morgan fingerprint density at radius 3 is 2.69 bits per heavy atom. The Bertz CT molecular complexity index is 410. The van der Waals surface area contributed by atoms with E-state index in [4.69, 9.17) is 0 Å². The Labute approximate surface area is 95.4 Å². The van der Waals surface area contributed by atoms with Gasteiger partial charge in [-0.1, -0.05) is 24.3 Å². The average molecular weight is 216 g/mol. The molecular formula is C13H16N2O. The van der Waals surface area contributed by atoms with Crippen LogP contribution in [0.25, 0.3) is 0 Å². The van der Waals surface area contributed by atoms with Gasteiger partial charge in [0.2, 0.25) is 0 Å². The number of ketones is 1. The molecule has 1 aliphatic heterocycles. The summed E-state index contributed by atoms with van der Waals surface area (Å²) in [5.41, 5.74) is 2.15. The number of piperazine rings is 1. The van der Waals surface area contributed by atoms with Gasteiger partial charge in [-0.25, -0.2) is 0 Å². The fourth-order valence-electron chi connectivity index (χ4n) is 2.71. The molecule has 3 heteroatoms. The lowest BCUT2D eigenvalue weighted by Crippen LogP contribution is -2.50. The summed E-state index contributed by atoms with van der Waals surface area (Å²) in [6.45, 7) is 3.98. The number of hydrogen-bond acceptors (Lipinski definition) is 3. The lowest BCUT2D eigenvalue weighted by Gasteiger charge is -2.31. The van der Waals surface area contributed by atoms with Crippen LogP contribution in [0, 0.1) is 0 Å². The smallest absolute Gasteiger partial charge is 0.180 e. The normalized spacial score (nSPS) is 25.8. The monoisotopic (exact) mass is 216 g/mol. The second kappa shape index (κ2) is 4.00. The van der Waals surface area contributed by atoms with Crippen LogP contribution in [-0.4, -0.2) is 42.9 Å². The summed E-state index contributed by atoms with van der Waals surface area (Å²) in [4.78, 5) is 14.6. The molecule has 16 heavy (non-hydrogen) atoms. The van der Waals surface area contributed by atoms with Crippen molar-refractivity contribution in [3.63, 3.8) is 0 Å². The van der Waals surface area contributed by atoms with Gasteiger partial charge in [0.15, 0.2) is 5.78 Å². The molecule has 1 atom stereocenters. The fraction of sp³-hybridized carbons (Fsp3) is 0.462. The van der Waals surface area contributed by atoms with Crippen molar-refractivity contribution in [2.45, 2.75) is 12.5 Å². The number of nitrogens with zero attached hydrogens (tertiary/aromatic N) is 1.